The van der Waals surface area contributed by atoms with Crippen molar-refractivity contribution in [2.24, 2.45) is 5.41 Å². The highest BCUT2D eigenvalue weighted by atomic mass is 16.5. The summed E-state index contributed by atoms with van der Waals surface area (Å²) in [5.41, 5.74) is 1.11. The molecule has 0 saturated heterocycles. The molecule has 1 saturated carbocycles. The van der Waals surface area contributed by atoms with Crippen LogP contribution in [0.15, 0.2) is 28.8 Å². The predicted molar refractivity (Wildman–Crippen MR) is 102 cm³/mol. The van der Waals surface area contributed by atoms with E-state index in [2.05, 4.69) is 10.5 Å². The van der Waals surface area contributed by atoms with Crippen molar-refractivity contribution in [1.82, 2.24) is 10.5 Å². The minimum atomic E-state index is -0.875. The van der Waals surface area contributed by atoms with Crippen molar-refractivity contribution in [3.63, 3.8) is 0 Å². The molecule has 0 atom stereocenters. The molecule has 1 amide bonds. The number of ether oxygens (including phenoxy) is 1. The number of carbonyl (C=O) groups is 2. The Hall–Kier alpha value is -2.83. The predicted octanol–water partition coefficient (Wildman–Crippen LogP) is 3.64. The number of hydrogen-bond acceptors (Lipinski definition) is 5. The smallest absolute Gasteiger partial charge is 0.311 e. The topological polar surface area (TPSA) is 102 Å². The Morgan fingerprint density at radius 2 is 1.93 bits per heavy atom. The minimum Gasteiger partial charge on any atom is -0.488 e. The number of para-hydroxylation sites is 1. The van der Waals surface area contributed by atoms with Crippen molar-refractivity contribution in [2.75, 3.05) is 6.54 Å². The summed E-state index contributed by atoms with van der Waals surface area (Å²) in [7, 11) is 0. The van der Waals surface area contributed by atoms with E-state index in [0.717, 1.165) is 30.5 Å². The minimum absolute atomic E-state index is 0.124. The maximum atomic E-state index is 12.8. The van der Waals surface area contributed by atoms with Crippen LogP contribution < -0.4 is 10.1 Å². The fraction of sp³-hybridized carbons (Fsp3) is 0.476. The van der Waals surface area contributed by atoms with Crippen molar-refractivity contribution in [3.05, 3.63) is 46.8 Å². The van der Waals surface area contributed by atoms with Gasteiger partial charge in [-0.05, 0) is 38.8 Å². The third kappa shape index (κ3) is 4.18. The van der Waals surface area contributed by atoms with E-state index in [1.807, 2.05) is 13.8 Å². The number of nitrogens with zero attached hydrogens (tertiary/aromatic N) is 1. The van der Waals surface area contributed by atoms with E-state index in [1.54, 1.807) is 24.3 Å². The summed E-state index contributed by atoms with van der Waals surface area (Å²) >= 11 is 0. The van der Waals surface area contributed by atoms with Crippen LogP contribution >= 0.6 is 0 Å². The Balaban J connectivity index is 1.69. The van der Waals surface area contributed by atoms with Gasteiger partial charge in [0.25, 0.3) is 5.91 Å². The number of aromatic nitrogens is 1. The maximum absolute atomic E-state index is 12.8. The number of rotatable bonds is 7. The standard InChI is InChI=1S/C21H26N2O5/c1-14-17(15(2)28-23-14)12-27-18-9-5-4-8-16(18)19(24)22-13-21(20(25)26)10-6-3-7-11-21/h4-5,8-9H,3,6-7,10-13H2,1-2H3,(H,22,24)(H,25,26). The zero-order valence-corrected chi connectivity index (χ0v) is 16.3. The van der Waals surface area contributed by atoms with Crippen LogP contribution in [0.3, 0.4) is 0 Å². The van der Waals surface area contributed by atoms with Crippen molar-refractivity contribution in [2.45, 2.75) is 52.6 Å². The first-order chi connectivity index (χ1) is 13.4. The van der Waals surface area contributed by atoms with Gasteiger partial charge in [-0.15, -0.1) is 0 Å². The lowest BCUT2D eigenvalue weighted by Crippen LogP contribution is -2.44. The summed E-state index contributed by atoms with van der Waals surface area (Å²) in [5, 5.41) is 16.4. The van der Waals surface area contributed by atoms with E-state index < -0.39 is 11.4 Å². The van der Waals surface area contributed by atoms with Crippen LogP contribution in [0.25, 0.3) is 0 Å². The zero-order valence-electron chi connectivity index (χ0n) is 16.3. The number of hydrogen-bond donors (Lipinski definition) is 2. The Labute approximate surface area is 164 Å². The largest absolute Gasteiger partial charge is 0.488 e. The van der Waals surface area contributed by atoms with Gasteiger partial charge in [0.05, 0.1) is 22.2 Å². The first kappa shape index (κ1) is 19.9. The molecule has 0 spiro atoms. The quantitative estimate of drug-likeness (QED) is 0.753. The molecule has 1 fully saturated rings. The van der Waals surface area contributed by atoms with Gasteiger partial charge in [0.2, 0.25) is 0 Å². The number of nitrogens with one attached hydrogen (secondary N) is 1. The average Bonchev–Trinajstić information content (AvgIpc) is 3.03. The second-order valence-electron chi connectivity index (χ2n) is 7.42. The highest BCUT2D eigenvalue weighted by molar-refractivity contribution is 5.97. The van der Waals surface area contributed by atoms with Crippen LogP contribution in [0.1, 0.15) is 59.5 Å². The highest BCUT2D eigenvalue weighted by Gasteiger charge is 2.39. The van der Waals surface area contributed by atoms with Gasteiger partial charge in [0.1, 0.15) is 18.1 Å². The number of aliphatic carboxylic acids is 1. The van der Waals surface area contributed by atoms with Crippen LogP contribution in [0.5, 0.6) is 5.75 Å². The van der Waals surface area contributed by atoms with E-state index in [-0.39, 0.29) is 19.1 Å². The van der Waals surface area contributed by atoms with E-state index in [1.165, 1.54) is 0 Å². The third-order valence-electron chi connectivity index (χ3n) is 5.54. The molecule has 1 aromatic heterocycles. The molecule has 7 heteroatoms. The fourth-order valence-corrected chi connectivity index (χ4v) is 3.68. The Bertz CT molecular complexity index is 833. The molecule has 1 heterocycles. The summed E-state index contributed by atoms with van der Waals surface area (Å²) in [6.07, 6.45) is 3.97. The van der Waals surface area contributed by atoms with E-state index >= 15 is 0 Å². The molecule has 1 aliphatic rings. The van der Waals surface area contributed by atoms with Crippen LogP contribution in [0.4, 0.5) is 0 Å². The molecule has 0 unspecified atom stereocenters. The molecule has 28 heavy (non-hydrogen) atoms. The number of carbonyl (C=O) groups excluding carboxylic acids is 1. The van der Waals surface area contributed by atoms with Crippen molar-refractivity contribution in [3.8, 4) is 5.75 Å². The zero-order chi connectivity index (χ0) is 20.1. The summed E-state index contributed by atoms with van der Waals surface area (Å²) < 4.78 is 11.0. The summed E-state index contributed by atoms with van der Waals surface area (Å²) in [5.74, 6) is -0.0517. The van der Waals surface area contributed by atoms with Gasteiger partial charge in [0.15, 0.2) is 0 Å². The molecule has 1 aromatic carbocycles. The number of carboxylic acids is 1. The summed E-state index contributed by atoms with van der Waals surface area (Å²) in [6, 6.07) is 6.94. The Morgan fingerprint density at radius 3 is 2.57 bits per heavy atom. The lowest BCUT2D eigenvalue weighted by molar-refractivity contribution is -0.150. The van der Waals surface area contributed by atoms with Gasteiger partial charge in [-0.25, -0.2) is 0 Å². The first-order valence-electron chi connectivity index (χ1n) is 9.58. The van der Waals surface area contributed by atoms with Gasteiger partial charge < -0.3 is 19.7 Å². The molecule has 0 radical (unpaired) electrons. The first-order valence-corrected chi connectivity index (χ1v) is 9.58. The summed E-state index contributed by atoms with van der Waals surface area (Å²) in [6.45, 7) is 4.01. The van der Waals surface area contributed by atoms with Crippen LogP contribution in [-0.2, 0) is 11.4 Å². The lowest BCUT2D eigenvalue weighted by atomic mass is 9.74. The van der Waals surface area contributed by atoms with Gasteiger partial charge in [-0.1, -0.05) is 36.6 Å². The van der Waals surface area contributed by atoms with Gasteiger partial charge in [0, 0.05) is 6.54 Å². The number of carboxylic acid groups (broad SMARTS) is 1. The SMILES string of the molecule is Cc1noc(C)c1COc1ccccc1C(=O)NCC1(C(=O)O)CCCCC1. The van der Waals surface area contributed by atoms with Gasteiger partial charge in [-0.3, -0.25) is 9.59 Å². The van der Waals surface area contributed by atoms with Crippen LogP contribution in [0, 0.1) is 19.3 Å². The summed E-state index contributed by atoms with van der Waals surface area (Å²) in [4.78, 5) is 24.6. The van der Waals surface area contributed by atoms with Gasteiger partial charge in [-0.2, -0.15) is 0 Å². The average molecular weight is 386 g/mol. The fourth-order valence-electron chi connectivity index (χ4n) is 3.68. The highest BCUT2D eigenvalue weighted by Crippen LogP contribution is 2.36. The lowest BCUT2D eigenvalue weighted by Gasteiger charge is -2.33. The maximum Gasteiger partial charge on any atom is 0.311 e. The van der Waals surface area contributed by atoms with E-state index in [0.29, 0.717) is 29.9 Å². The Kier molecular flexibility index (Phi) is 6.02. The monoisotopic (exact) mass is 386 g/mol. The second kappa shape index (κ2) is 8.46. The van der Waals surface area contributed by atoms with E-state index in [4.69, 9.17) is 9.26 Å². The third-order valence-corrected chi connectivity index (χ3v) is 5.54. The van der Waals surface area contributed by atoms with Crippen LogP contribution in [-0.4, -0.2) is 28.7 Å². The number of aryl methyl sites for hydroxylation is 2. The molecule has 2 N–H and O–H groups in total. The molecule has 2 aromatic rings. The molecule has 0 bridgehead atoms. The molecular formula is C21H26N2O5. The van der Waals surface area contributed by atoms with Gasteiger partial charge >= 0.3 is 5.97 Å². The molecule has 150 valence electrons. The normalized spacial score (nSPS) is 15.8. The Morgan fingerprint density at radius 1 is 1.21 bits per heavy atom. The number of amides is 1. The molecule has 0 aliphatic heterocycles. The molecule has 3 rings (SSSR count). The van der Waals surface area contributed by atoms with Crippen LogP contribution in [0.2, 0.25) is 0 Å². The van der Waals surface area contributed by atoms with Crippen molar-refractivity contribution < 1.29 is 24.0 Å². The van der Waals surface area contributed by atoms with Crippen molar-refractivity contribution in [1.29, 1.82) is 0 Å². The van der Waals surface area contributed by atoms with Crippen molar-refractivity contribution >= 4 is 11.9 Å². The molecule has 7 nitrogen and oxygen atoms in total. The number of benzene rings is 1. The molecular weight excluding hydrogens is 360 g/mol. The molecule has 1 aliphatic carbocycles. The van der Waals surface area contributed by atoms with E-state index in [9.17, 15) is 14.7 Å². The second-order valence-corrected chi connectivity index (χ2v) is 7.42.